The van der Waals surface area contributed by atoms with E-state index in [9.17, 15) is 4.79 Å². The summed E-state index contributed by atoms with van der Waals surface area (Å²) in [5, 5.41) is 0. The van der Waals surface area contributed by atoms with Crippen molar-refractivity contribution in [3.05, 3.63) is 27.3 Å². The fourth-order valence-corrected chi connectivity index (χ4v) is 2.81. The predicted molar refractivity (Wildman–Crippen MR) is 75.5 cm³/mol. The number of hydrogen-bond donors (Lipinski definition) is 0. The summed E-state index contributed by atoms with van der Waals surface area (Å²) in [5.74, 6) is 0.964. The van der Waals surface area contributed by atoms with Gasteiger partial charge in [0.25, 0.3) is 5.91 Å². The lowest BCUT2D eigenvalue weighted by Gasteiger charge is -2.26. The molecule has 1 aromatic carbocycles. The third-order valence-electron chi connectivity index (χ3n) is 3.04. The summed E-state index contributed by atoms with van der Waals surface area (Å²) < 4.78 is 6.17. The van der Waals surface area contributed by atoms with Crippen LogP contribution in [-0.2, 0) is 0 Å². The van der Waals surface area contributed by atoms with E-state index in [1.807, 2.05) is 23.1 Å². The Hall–Kier alpha value is -0.780. The first-order valence-electron chi connectivity index (χ1n) is 5.85. The van der Waals surface area contributed by atoms with E-state index in [1.165, 1.54) is 6.42 Å². The molecule has 1 aliphatic rings. The minimum atomic E-state index is 0.144. The van der Waals surface area contributed by atoms with Crippen LogP contribution >= 0.6 is 22.6 Å². The van der Waals surface area contributed by atoms with Crippen LogP contribution in [0.25, 0.3) is 0 Å². The van der Waals surface area contributed by atoms with Crippen LogP contribution in [0.15, 0.2) is 18.2 Å². The zero-order valence-corrected chi connectivity index (χ0v) is 12.1. The van der Waals surface area contributed by atoms with Gasteiger partial charge in [0.15, 0.2) is 0 Å². The van der Waals surface area contributed by atoms with E-state index >= 15 is 0 Å². The Kier molecular flexibility index (Phi) is 4.25. The van der Waals surface area contributed by atoms with E-state index in [1.54, 1.807) is 7.11 Å². The standard InChI is InChI=1S/C13H16INO2/c1-17-12-6-5-10(9-11(12)14)13(16)15-7-3-2-4-8-15/h5-6,9H,2-4,7-8H2,1H3. The van der Waals surface area contributed by atoms with Crippen LogP contribution in [0, 0.1) is 3.57 Å². The molecule has 0 bridgehead atoms. The van der Waals surface area contributed by atoms with Gasteiger partial charge in [0.2, 0.25) is 0 Å². The Balaban J connectivity index is 2.16. The first-order chi connectivity index (χ1) is 8.22. The molecule has 1 saturated heterocycles. The summed E-state index contributed by atoms with van der Waals surface area (Å²) in [5.41, 5.74) is 0.761. The SMILES string of the molecule is COc1ccc(C(=O)N2CCCCC2)cc1I. The Labute approximate surface area is 115 Å². The third-order valence-corrected chi connectivity index (χ3v) is 3.89. The summed E-state index contributed by atoms with van der Waals surface area (Å²) in [6, 6.07) is 5.60. The van der Waals surface area contributed by atoms with Crippen molar-refractivity contribution in [3.63, 3.8) is 0 Å². The summed E-state index contributed by atoms with van der Waals surface area (Å²) >= 11 is 2.19. The van der Waals surface area contributed by atoms with Crippen molar-refractivity contribution >= 4 is 28.5 Å². The van der Waals surface area contributed by atoms with Gasteiger partial charge in [-0.25, -0.2) is 0 Å². The molecule has 0 atom stereocenters. The fraction of sp³-hybridized carbons (Fsp3) is 0.462. The molecule has 1 amide bonds. The van der Waals surface area contributed by atoms with Crippen molar-refractivity contribution in [1.82, 2.24) is 4.90 Å². The average Bonchev–Trinajstić information content (AvgIpc) is 2.39. The van der Waals surface area contributed by atoms with Crippen LogP contribution < -0.4 is 4.74 Å². The minimum Gasteiger partial charge on any atom is -0.496 e. The molecule has 1 aliphatic heterocycles. The van der Waals surface area contributed by atoms with Crippen molar-refractivity contribution in [2.75, 3.05) is 20.2 Å². The quantitative estimate of drug-likeness (QED) is 0.772. The summed E-state index contributed by atoms with van der Waals surface area (Å²) in [7, 11) is 1.64. The summed E-state index contributed by atoms with van der Waals surface area (Å²) in [6.45, 7) is 1.78. The van der Waals surface area contributed by atoms with Gasteiger partial charge in [-0.1, -0.05) is 0 Å². The van der Waals surface area contributed by atoms with Gasteiger partial charge in [-0.2, -0.15) is 0 Å². The van der Waals surface area contributed by atoms with Crippen LogP contribution in [-0.4, -0.2) is 31.0 Å². The lowest BCUT2D eigenvalue weighted by Crippen LogP contribution is -2.35. The second kappa shape index (κ2) is 5.71. The average molecular weight is 345 g/mol. The first kappa shape index (κ1) is 12.7. The van der Waals surface area contributed by atoms with Gasteiger partial charge in [0.05, 0.1) is 10.7 Å². The van der Waals surface area contributed by atoms with Crippen molar-refractivity contribution in [2.45, 2.75) is 19.3 Å². The highest BCUT2D eigenvalue weighted by Gasteiger charge is 2.18. The maximum Gasteiger partial charge on any atom is 0.253 e. The molecule has 3 nitrogen and oxygen atoms in total. The number of benzene rings is 1. The maximum absolute atomic E-state index is 12.2. The molecule has 0 aliphatic carbocycles. The molecule has 0 aromatic heterocycles. The van der Waals surface area contributed by atoms with Crippen LogP contribution in [0.4, 0.5) is 0 Å². The lowest BCUT2D eigenvalue weighted by molar-refractivity contribution is 0.0724. The van der Waals surface area contributed by atoms with E-state index in [0.29, 0.717) is 0 Å². The topological polar surface area (TPSA) is 29.5 Å². The van der Waals surface area contributed by atoms with Gasteiger partial charge in [0, 0.05) is 18.7 Å². The number of carbonyl (C=O) groups is 1. The molecular formula is C13H16INO2. The highest BCUT2D eigenvalue weighted by atomic mass is 127. The zero-order chi connectivity index (χ0) is 12.3. The maximum atomic E-state index is 12.2. The summed E-state index contributed by atoms with van der Waals surface area (Å²) in [4.78, 5) is 14.2. The normalized spacial score (nSPS) is 15.8. The molecule has 4 heteroatoms. The predicted octanol–water partition coefficient (Wildman–Crippen LogP) is 2.93. The number of hydrogen-bond acceptors (Lipinski definition) is 2. The molecule has 92 valence electrons. The Morgan fingerprint density at radius 1 is 1.29 bits per heavy atom. The van der Waals surface area contributed by atoms with Crippen LogP contribution in [0.2, 0.25) is 0 Å². The Bertz CT molecular complexity index is 414. The number of halogens is 1. The molecule has 0 unspecified atom stereocenters. The zero-order valence-electron chi connectivity index (χ0n) is 9.91. The van der Waals surface area contributed by atoms with Gasteiger partial charge in [-0.05, 0) is 60.1 Å². The molecule has 1 fully saturated rings. The van der Waals surface area contributed by atoms with Gasteiger partial charge >= 0.3 is 0 Å². The van der Waals surface area contributed by atoms with Crippen LogP contribution in [0.5, 0.6) is 5.75 Å². The van der Waals surface area contributed by atoms with Crippen molar-refractivity contribution in [1.29, 1.82) is 0 Å². The number of carbonyl (C=O) groups excluding carboxylic acids is 1. The summed E-state index contributed by atoms with van der Waals surface area (Å²) in [6.07, 6.45) is 3.49. The largest absolute Gasteiger partial charge is 0.496 e. The number of likely N-dealkylation sites (tertiary alicyclic amines) is 1. The van der Waals surface area contributed by atoms with Gasteiger partial charge in [-0.3, -0.25) is 4.79 Å². The Morgan fingerprint density at radius 2 is 2.00 bits per heavy atom. The molecule has 1 heterocycles. The van der Waals surface area contributed by atoms with E-state index in [4.69, 9.17) is 4.74 Å². The fourth-order valence-electron chi connectivity index (χ4n) is 2.08. The van der Waals surface area contributed by atoms with Crippen molar-refractivity contribution in [2.24, 2.45) is 0 Å². The number of rotatable bonds is 2. The van der Waals surface area contributed by atoms with Crippen molar-refractivity contribution in [3.8, 4) is 5.75 Å². The molecule has 1 aromatic rings. The van der Waals surface area contributed by atoms with Gasteiger partial charge < -0.3 is 9.64 Å². The monoisotopic (exact) mass is 345 g/mol. The number of amides is 1. The molecular weight excluding hydrogens is 329 g/mol. The van der Waals surface area contributed by atoms with Crippen LogP contribution in [0.1, 0.15) is 29.6 Å². The molecule has 0 N–H and O–H groups in total. The van der Waals surface area contributed by atoms with E-state index in [2.05, 4.69) is 22.6 Å². The molecule has 0 saturated carbocycles. The van der Waals surface area contributed by atoms with E-state index in [-0.39, 0.29) is 5.91 Å². The highest BCUT2D eigenvalue weighted by molar-refractivity contribution is 14.1. The highest BCUT2D eigenvalue weighted by Crippen LogP contribution is 2.23. The number of methoxy groups -OCH3 is 1. The Morgan fingerprint density at radius 3 is 2.59 bits per heavy atom. The second-order valence-corrected chi connectivity index (χ2v) is 5.36. The number of ether oxygens (including phenoxy) is 1. The van der Waals surface area contributed by atoms with E-state index in [0.717, 1.165) is 40.8 Å². The molecule has 17 heavy (non-hydrogen) atoms. The van der Waals surface area contributed by atoms with Gasteiger partial charge in [0.1, 0.15) is 5.75 Å². The number of nitrogens with zero attached hydrogens (tertiary/aromatic N) is 1. The molecule has 2 rings (SSSR count). The van der Waals surface area contributed by atoms with E-state index < -0.39 is 0 Å². The molecule has 0 radical (unpaired) electrons. The smallest absolute Gasteiger partial charge is 0.253 e. The number of piperidine rings is 1. The third kappa shape index (κ3) is 2.91. The second-order valence-electron chi connectivity index (χ2n) is 4.20. The first-order valence-corrected chi connectivity index (χ1v) is 6.93. The molecule has 0 spiro atoms. The minimum absolute atomic E-state index is 0.144. The lowest BCUT2D eigenvalue weighted by atomic mass is 10.1. The van der Waals surface area contributed by atoms with Crippen LogP contribution in [0.3, 0.4) is 0 Å². The van der Waals surface area contributed by atoms with Gasteiger partial charge in [-0.15, -0.1) is 0 Å². The van der Waals surface area contributed by atoms with Crippen molar-refractivity contribution < 1.29 is 9.53 Å².